The Hall–Kier alpha value is 0.580. The SMILES string of the molecule is CC(CCl)CCCCl. The van der Waals surface area contributed by atoms with Crippen molar-refractivity contribution in [3.8, 4) is 0 Å². The summed E-state index contributed by atoms with van der Waals surface area (Å²) in [5.41, 5.74) is 0. The van der Waals surface area contributed by atoms with Gasteiger partial charge in [-0.2, -0.15) is 0 Å². The van der Waals surface area contributed by atoms with Gasteiger partial charge in [0, 0.05) is 11.8 Å². The third-order valence-corrected chi connectivity index (χ3v) is 1.89. The number of hydrogen-bond donors (Lipinski definition) is 0. The Kier molecular flexibility index (Phi) is 6.13. The van der Waals surface area contributed by atoms with E-state index in [-0.39, 0.29) is 0 Å². The normalized spacial score (nSPS) is 13.9. The molecule has 0 aliphatic heterocycles. The van der Waals surface area contributed by atoms with Crippen LogP contribution in [0.2, 0.25) is 0 Å². The Morgan fingerprint density at radius 1 is 1.38 bits per heavy atom. The summed E-state index contributed by atoms with van der Waals surface area (Å²) in [5, 5.41) is 0. The quantitative estimate of drug-likeness (QED) is 0.547. The van der Waals surface area contributed by atoms with Crippen molar-refractivity contribution in [2.45, 2.75) is 19.8 Å². The molecule has 0 aromatic carbocycles. The Balaban J connectivity index is 2.86. The molecule has 0 fully saturated rings. The average molecular weight is 155 g/mol. The predicted octanol–water partition coefficient (Wildman–Crippen LogP) is 2.88. The molecule has 0 heterocycles. The first-order valence-corrected chi connectivity index (χ1v) is 4.00. The topological polar surface area (TPSA) is 0 Å². The number of alkyl halides is 2. The molecule has 0 aliphatic rings. The standard InChI is InChI=1S/C6H12Cl2/c1-6(5-8)3-2-4-7/h6H,2-5H2,1H3. The van der Waals surface area contributed by atoms with Crippen molar-refractivity contribution < 1.29 is 0 Å². The first-order valence-electron chi connectivity index (χ1n) is 2.93. The van der Waals surface area contributed by atoms with E-state index in [0.29, 0.717) is 5.92 Å². The molecule has 0 aliphatic carbocycles. The highest BCUT2D eigenvalue weighted by atomic mass is 35.5. The molecule has 1 unspecified atom stereocenters. The highest BCUT2D eigenvalue weighted by Gasteiger charge is 1.96. The van der Waals surface area contributed by atoms with Crippen LogP contribution in [0.4, 0.5) is 0 Å². The van der Waals surface area contributed by atoms with Crippen molar-refractivity contribution in [1.29, 1.82) is 0 Å². The van der Waals surface area contributed by atoms with Gasteiger partial charge >= 0.3 is 0 Å². The second kappa shape index (κ2) is 5.71. The van der Waals surface area contributed by atoms with Crippen LogP contribution < -0.4 is 0 Å². The fourth-order valence-electron chi connectivity index (χ4n) is 0.503. The summed E-state index contributed by atoms with van der Waals surface area (Å²) in [6.07, 6.45) is 2.25. The monoisotopic (exact) mass is 154 g/mol. The number of halogens is 2. The molecule has 0 radical (unpaired) electrons. The summed E-state index contributed by atoms with van der Waals surface area (Å²) in [5.74, 6) is 2.16. The average Bonchev–Trinajstić information content (AvgIpc) is 1.83. The van der Waals surface area contributed by atoms with Gasteiger partial charge in [0.15, 0.2) is 0 Å². The molecule has 0 N–H and O–H groups in total. The molecule has 0 saturated carbocycles. The Morgan fingerprint density at radius 2 is 2.00 bits per heavy atom. The molecular formula is C6H12Cl2. The number of hydrogen-bond acceptors (Lipinski definition) is 0. The first-order chi connectivity index (χ1) is 3.81. The molecule has 0 saturated heterocycles. The molecule has 0 rings (SSSR count). The third kappa shape index (κ3) is 4.73. The molecule has 0 amide bonds. The molecule has 0 bridgehead atoms. The fourth-order valence-corrected chi connectivity index (χ4v) is 0.811. The molecule has 0 aromatic rings. The minimum absolute atomic E-state index is 0.635. The van der Waals surface area contributed by atoms with Crippen LogP contribution in [0.1, 0.15) is 19.8 Å². The lowest BCUT2D eigenvalue weighted by atomic mass is 10.1. The number of rotatable bonds is 4. The van der Waals surface area contributed by atoms with Gasteiger partial charge in [0.2, 0.25) is 0 Å². The Morgan fingerprint density at radius 3 is 2.38 bits per heavy atom. The largest absolute Gasteiger partial charge is 0.127 e. The van der Waals surface area contributed by atoms with Gasteiger partial charge in [0.25, 0.3) is 0 Å². The molecular weight excluding hydrogens is 143 g/mol. The second-order valence-electron chi connectivity index (χ2n) is 2.09. The molecule has 1 atom stereocenters. The summed E-state index contributed by atoms with van der Waals surface area (Å²) in [6.45, 7) is 2.14. The summed E-state index contributed by atoms with van der Waals surface area (Å²) in [4.78, 5) is 0. The summed E-state index contributed by atoms with van der Waals surface area (Å²) in [6, 6.07) is 0. The molecule has 0 spiro atoms. The second-order valence-corrected chi connectivity index (χ2v) is 2.78. The van der Waals surface area contributed by atoms with Gasteiger partial charge in [-0.25, -0.2) is 0 Å². The van der Waals surface area contributed by atoms with E-state index in [9.17, 15) is 0 Å². The van der Waals surface area contributed by atoms with Gasteiger partial charge in [-0.05, 0) is 18.8 Å². The lowest BCUT2D eigenvalue weighted by molar-refractivity contribution is 0.584. The zero-order valence-corrected chi connectivity index (χ0v) is 6.67. The van der Waals surface area contributed by atoms with Crippen LogP contribution >= 0.6 is 23.2 Å². The van der Waals surface area contributed by atoms with E-state index < -0.39 is 0 Å². The lowest BCUT2D eigenvalue weighted by Gasteiger charge is -2.02. The Bertz CT molecular complexity index is 45.8. The molecule has 8 heavy (non-hydrogen) atoms. The van der Waals surface area contributed by atoms with Crippen molar-refractivity contribution in [2.75, 3.05) is 11.8 Å². The van der Waals surface area contributed by atoms with Crippen LogP contribution in [0.25, 0.3) is 0 Å². The third-order valence-electron chi connectivity index (χ3n) is 1.09. The van der Waals surface area contributed by atoms with Gasteiger partial charge in [-0.15, -0.1) is 23.2 Å². The van der Waals surface area contributed by atoms with Crippen LogP contribution in [0.3, 0.4) is 0 Å². The van der Waals surface area contributed by atoms with E-state index in [1.165, 1.54) is 0 Å². The zero-order chi connectivity index (χ0) is 6.41. The molecule has 0 nitrogen and oxygen atoms in total. The van der Waals surface area contributed by atoms with Crippen LogP contribution in [0.5, 0.6) is 0 Å². The van der Waals surface area contributed by atoms with Crippen molar-refractivity contribution in [2.24, 2.45) is 5.92 Å². The summed E-state index contributed by atoms with van der Waals surface area (Å²) < 4.78 is 0. The van der Waals surface area contributed by atoms with Crippen molar-refractivity contribution in [3.05, 3.63) is 0 Å². The van der Waals surface area contributed by atoms with E-state index in [2.05, 4.69) is 6.92 Å². The molecule has 0 aromatic heterocycles. The maximum Gasteiger partial charge on any atom is 0.0249 e. The van der Waals surface area contributed by atoms with Crippen molar-refractivity contribution in [1.82, 2.24) is 0 Å². The first kappa shape index (κ1) is 8.58. The minimum atomic E-state index is 0.635. The van der Waals surface area contributed by atoms with Gasteiger partial charge < -0.3 is 0 Å². The maximum absolute atomic E-state index is 5.54. The summed E-state index contributed by atoms with van der Waals surface area (Å²) >= 11 is 11.0. The van der Waals surface area contributed by atoms with Crippen LogP contribution in [0.15, 0.2) is 0 Å². The van der Waals surface area contributed by atoms with E-state index in [4.69, 9.17) is 23.2 Å². The van der Waals surface area contributed by atoms with Gasteiger partial charge in [0.05, 0.1) is 0 Å². The Labute approximate surface area is 61.2 Å². The zero-order valence-electron chi connectivity index (χ0n) is 5.16. The van der Waals surface area contributed by atoms with E-state index >= 15 is 0 Å². The van der Waals surface area contributed by atoms with Crippen molar-refractivity contribution in [3.63, 3.8) is 0 Å². The van der Waals surface area contributed by atoms with Crippen LogP contribution in [-0.4, -0.2) is 11.8 Å². The lowest BCUT2D eigenvalue weighted by Crippen LogP contribution is -1.95. The fraction of sp³-hybridized carbons (Fsp3) is 1.00. The van der Waals surface area contributed by atoms with E-state index in [1.54, 1.807) is 0 Å². The van der Waals surface area contributed by atoms with Crippen LogP contribution in [0, 0.1) is 5.92 Å². The van der Waals surface area contributed by atoms with Crippen LogP contribution in [-0.2, 0) is 0 Å². The molecule has 2 heteroatoms. The van der Waals surface area contributed by atoms with Gasteiger partial charge in [0.1, 0.15) is 0 Å². The van der Waals surface area contributed by atoms with Gasteiger partial charge in [-0.3, -0.25) is 0 Å². The van der Waals surface area contributed by atoms with E-state index in [0.717, 1.165) is 24.6 Å². The minimum Gasteiger partial charge on any atom is -0.127 e. The highest BCUT2D eigenvalue weighted by molar-refractivity contribution is 6.18. The highest BCUT2D eigenvalue weighted by Crippen LogP contribution is 2.07. The van der Waals surface area contributed by atoms with Crippen molar-refractivity contribution >= 4 is 23.2 Å². The van der Waals surface area contributed by atoms with Gasteiger partial charge in [-0.1, -0.05) is 6.92 Å². The predicted molar refractivity (Wildman–Crippen MR) is 39.8 cm³/mol. The molecule has 50 valence electrons. The van der Waals surface area contributed by atoms with E-state index in [1.807, 2.05) is 0 Å². The maximum atomic E-state index is 5.54. The smallest absolute Gasteiger partial charge is 0.0249 e. The summed E-state index contributed by atoms with van der Waals surface area (Å²) in [7, 11) is 0.